The molecule has 33 heavy (non-hydrogen) atoms. The van der Waals surface area contributed by atoms with Gasteiger partial charge in [-0.3, -0.25) is 0 Å². The van der Waals surface area contributed by atoms with Crippen molar-refractivity contribution in [3.8, 4) is 11.4 Å². The number of alkyl halides is 11. The highest BCUT2D eigenvalue weighted by Crippen LogP contribution is 2.46. The van der Waals surface area contributed by atoms with Crippen LogP contribution in [0.4, 0.5) is 54.1 Å². The van der Waals surface area contributed by atoms with Gasteiger partial charge in [-0.1, -0.05) is 11.6 Å². The molecule has 0 amide bonds. The molecule has 0 spiro atoms. The number of pyridine rings is 1. The number of nitrogens with two attached hydrogens (primary N) is 1. The van der Waals surface area contributed by atoms with Crippen molar-refractivity contribution in [2.24, 2.45) is 0 Å². The normalized spacial score (nSPS) is 13.6. The SMILES string of the molecule is Nc1c2c(C(F)(F)F)cc(C(F)(F)C(F)(F)F)nc2nn1-c1ccc(OC(F)(F)F)cc1Cl. The van der Waals surface area contributed by atoms with Gasteiger partial charge in [0.05, 0.1) is 21.7 Å². The van der Waals surface area contributed by atoms with Crippen LogP contribution in [0.3, 0.4) is 0 Å². The zero-order valence-corrected chi connectivity index (χ0v) is 15.9. The smallest absolute Gasteiger partial charge is 0.406 e. The summed E-state index contributed by atoms with van der Waals surface area (Å²) in [6, 6.07) is 1.55. The van der Waals surface area contributed by atoms with Crippen LogP contribution >= 0.6 is 11.6 Å². The van der Waals surface area contributed by atoms with E-state index in [2.05, 4.69) is 14.8 Å². The first kappa shape index (κ1) is 24.6. The predicted molar refractivity (Wildman–Crippen MR) is 89.9 cm³/mol. The molecule has 2 aromatic heterocycles. The highest BCUT2D eigenvalue weighted by atomic mass is 35.5. The van der Waals surface area contributed by atoms with Gasteiger partial charge in [0.15, 0.2) is 5.65 Å². The first-order valence-corrected chi connectivity index (χ1v) is 8.48. The second-order valence-corrected chi connectivity index (χ2v) is 6.69. The summed E-state index contributed by atoms with van der Waals surface area (Å²) in [4.78, 5) is 2.89. The predicted octanol–water partition coefficient (Wildman–Crippen LogP) is 6.23. The van der Waals surface area contributed by atoms with Crippen molar-refractivity contribution >= 4 is 28.5 Å². The third kappa shape index (κ3) is 4.56. The molecule has 2 heterocycles. The molecule has 0 fully saturated rings. The van der Waals surface area contributed by atoms with E-state index < -0.39 is 75.3 Å². The van der Waals surface area contributed by atoms with Crippen LogP contribution in [0.25, 0.3) is 16.7 Å². The topological polar surface area (TPSA) is 66.0 Å². The van der Waals surface area contributed by atoms with E-state index >= 15 is 0 Å². The molecule has 0 saturated carbocycles. The Balaban J connectivity index is 2.26. The molecule has 2 N–H and O–H groups in total. The lowest BCUT2D eigenvalue weighted by molar-refractivity contribution is -0.291. The van der Waals surface area contributed by atoms with E-state index in [1.165, 1.54) is 0 Å². The number of anilines is 1. The molecule has 0 aliphatic heterocycles. The summed E-state index contributed by atoms with van der Waals surface area (Å²) in [5.74, 6) is -7.53. The van der Waals surface area contributed by atoms with Crippen LogP contribution in [0.1, 0.15) is 11.3 Å². The third-order valence-corrected chi connectivity index (χ3v) is 4.35. The number of hydrogen-bond donors (Lipinski definition) is 1. The van der Waals surface area contributed by atoms with Crippen molar-refractivity contribution in [3.05, 3.63) is 40.5 Å². The highest BCUT2D eigenvalue weighted by molar-refractivity contribution is 6.32. The van der Waals surface area contributed by atoms with Gasteiger partial charge in [-0.25, -0.2) is 9.67 Å². The first-order valence-electron chi connectivity index (χ1n) is 8.10. The molecule has 1 aromatic carbocycles. The van der Waals surface area contributed by atoms with Gasteiger partial charge in [0, 0.05) is 6.07 Å². The number of hydrogen-bond acceptors (Lipinski definition) is 4. The Labute approximate surface area is 179 Å². The van der Waals surface area contributed by atoms with Gasteiger partial charge in [0.1, 0.15) is 17.3 Å². The van der Waals surface area contributed by atoms with Gasteiger partial charge in [-0.05, 0) is 18.2 Å². The number of nitrogen functional groups attached to an aromatic ring is 1. The minimum Gasteiger partial charge on any atom is -0.406 e. The zero-order valence-electron chi connectivity index (χ0n) is 15.2. The number of benzene rings is 1. The summed E-state index contributed by atoms with van der Waals surface area (Å²) >= 11 is 5.81. The standard InChI is InChI=1S/C16H6ClF11N4O/c17-7-3-5(33-16(26,27)28)1-2-8(7)32-11(29)10-6(14(20,21)22)4-9(30-12(10)31-32)13(18,19)15(23,24)25/h1-4H,29H2. The molecule has 3 rings (SSSR count). The van der Waals surface area contributed by atoms with Crippen molar-refractivity contribution in [2.75, 3.05) is 5.73 Å². The Morgan fingerprint density at radius 1 is 0.909 bits per heavy atom. The number of rotatable bonds is 3. The van der Waals surface area contributed by atoms with Crippen LogP contribution in [0.5, 0.6) is 5.75 Å². The van der Waals surface area contributed by atoms with Crippen LogP contribution in [0.15, 0.2) is 24.3 Å². The second-order valence-electron chi connectivity index (χ2n) is 6.28. The van der Waals surface area contributed by atoms with E-state index in [9.17, 15) is 48.3 Å². The third-order valence-electron chi connectivity index (χ3n) is 4.04. The van der Waals surface area contributed by atoms with Gasteiger partial charge in [0.25, 0.3) is 0 Å². The summed E-state index contributed by atoms with van der Waals surface area (Å²) in [6.07, 6.45) is -16.8. The van der Waals surface area contributed by atoms with Gasteiger partial charge in [-0.15, -0.1) is 18.3 Å². The van der Waals surface area contributed by atoms with Crippen molar-refractivity contribution in [1.29, 1.82) is 0 Å². The number of nitrogens with zero attached hydrogens (tertiary/aromatic N) is 3. The second kappa shape index (κ2) is 7.50. The van der Waals surface area contributed by atoms with Crippen LogP contribution in [0, 0.1) is 0 Å². The average molecular weight is 515 g/mol. The Bertz CT molecular complexity index is 1210. The van der Waals surface area contributed by atoms with Crippen LogP contribution in [0.2, 0.25) is 5.02 Å². The van der Waals surface area contributed by atoms with Gasteiger partial charge in [-0.2, -0.15) is 35.1 Å². The fourth-order valence-electron chi connectivity index (χ4n) is 2.68. The van der Waals surface area contributed by atoms with Crippen LogP contribution in [-0.2, 0) is 12.1 Å². The Morgan fingerprint density at radius 3 is 2.00 bits per heavy atom. The van der Waals surface area contributed by atoms with E-state index in [1.54, 1.807) is 0 Å². The van der Waals surface area contributed by atoms with Gasteiger partial charge in [0.2, 0.25) is 0 Å². The van der Waals surface area contributed by atoms with E-state index in [4.69, 9.17) is 17.3 Å². The number of aromatic nitrogens is 3. The molecule has 3 aromatic rings. The van der Waals surface area contributed by atoms with Crippen LogP contribution < -0.4 is 10.5 Å². The molecule has 0 unspecified atom stereocenters. The van der Waals surface area contributed by atoms with E-state index in [0.29, 0.717) is 16.8 Å². The summed E-state index contributed by atoms with van der Waals surface area (Å²) in [5.41, 5.74) is -0.374. The molecule has 0 radical (unpaired) electrons. The molecule has 0 bridgehead atoms. The fraction of sp³-hybridized carbons (Fsp3) is 0.250. The molecule has 0 aliphatic carbocycles. The molecule has 180 valence electrons. The molecule has 5 nitrogen and oxygen atoms in total. The Kier molecular flexibility index (Phi) is 5.59. The van der Waals surface area contributed by atoms with E-state index in [0.717, 1.165) is 6.07 Å². The largest absolute Gasteiger partial charge is 0.573 e. The molecular formula is C16H6ClF11N4O. The molecule has 0 atom stereocenters. The summed E-state index contributed by atoms with van der Waals surface area (Å²) in [6.45, 7) is 0. The van der Waals surface area contributed by atoms with E-state index in [1.807, 2.05) is 0 Å². The van der Waals surface area contributed by atoms with Crippen molar-refractivity contribution in [3.63, 3.8) is 0 Å². The summed E-state index contributed by atoms with van der Waals surface area (Å²) in [7, 11) is 0. The molecule has 0 saturated heterocycles. The number of ether oxygens (including phenoxy) is 1. The summed E-state index contributed by atoms with van der Waals surface area (Å²) < 4.78 is 147. The Hall–Kier alpha value is -3.04. The van der Waals surface area contributed by atoms with Gasteiger partial charge < -0.3 is 10.5 Å². The minimum atomic E-state index is -6.28. The zero-order chi connectivity index (χ0) is 25.1. The highest BCUT2D eigenvalue weighted by Gasteiger charge is 2.60. The maximum Gasteiger partial charge on any atom is 0.573 e. The van der Waals surface area contributed by atoms with Crippen LogP contribution in [-0.4, -0.2) is 27.3 Å². The Morgan fingerprint density at radius 2 is 1.52 bits per heavy atom. The maximum atomic E-state index is 13.7. The quantitative estimate of drug-likeness (QED) is 0.421. The van der Waals surface area contributed by atoms with Crippen molar-refractivity contribution in [2.45, 2.75) is 24.6 Å². The lowest BCUT2D eigenvalue weighted by Crippen LogP contribution is -2.35. The molecular weight excluding hydrogens is 509 g/mol. The lowest BCUT2D eigenvalue weighted by Gasteiger charge is -2.20. The average Bonchev–Trinajstić information content (AvgIpc) is 2.94. The van der Waals surface area contributed by atoms with Crippen molar-refractivity contribution < 1.29 is 53.0 Å². The monoisotopic (exact) mass is 514 g/mol. The molecule has 0 aliphatic rings. The fourth-order valence-corrected chi connectivity index (χ4v) is 2.93. The lowest BCUT2D eigenvalue weighted by atomic mass is 10.1. The van der Waals surface area contributed by atoms with Crippen molar-refractivity contribution in [1.82, 2.24) is 14.8 Å². The number of fused-ring (bicyclic) bond motifs is 1. The maximum absolute atomic E-state index is 13.7. The summed E-state index contributed by atoms with van der Waals surface area (Å²) in [5, 5.41) is 1.69. The minimum absolute atomic E-state index is 0.391. The van der Waals surface area contributed by atoms with E-state index in [-0.39, 0.29) is 0 Å². The van der Waals surface area contributed by atoms with Gasteiger partial charge >= 0.3 is 24.6 Å². The first-order chi connectivity index (χ1) is 14.8. The number of halogens is 12. The molecule has 17 heteroatoms.